The number of hydrogen-bond donors (Lipinski definition) is 1. The molecule has 0 saturated heterocycles. The minimum absolute atomic E-state index is 0.413. The fourth-order valence-electron chi connectivity index (χ4n) is 3.26. The van der Waals surface area contributed by atoms with Crippen LogP contribution in [0.4, 0.5) is 0 Å². The van der Waals surface area contributed by atoms with Crippen LogP contribution in [0.15, 0.2) is 18.2 Å². The molecule has 1 aromatic carbocycles. The van der Waals surface area contributed by atoms with Crippen LogP contribution >= 0.6 is 0 Å². The molecule has 21 heavy (non-hydrogen) atoms. The molecule has 118 valence electrons. The standard InChI is InChI=1S/C19H31NO/c1-4-11-20-14-17-12-15(3)9-10-19(17)21-18-8-6-7-16(5-2)13-18/h9-10,12,16,18,20H,4-8,11,13-14H2,1-3H3. The van der Waals surface area contributed by atoms with Crippen molar-refractivity contribution >= 4 is 0 Å². The summed E-state index contributed by atoms with van der Waals surface area (Å²) in [5.74, 6) is 1.95. The second-order valence-electron chi connectivity index (χ2n) is 6.47. The van der Waals surface area contributed by atoms with Gasteiger partial charge in [0.05, 0.1) is 6.10 Å². The van der Waals surface area contributed by atoms with Crippen molar-refractivity contribution in [2.45, 2.75) is 71.9 Å². The van der Waals surface area contributed by atoms with Crippen molar-refractivity contribution in [3.05, 3.63) is 29.3 Å². The van der Waals surface area contributed by atoms with Crippen LogP contribution in [0.25, 0.3) is 0 Å². The van der Waals surface area contributed by atoms with Gasteiger partial charge in [-0.15, -0.1) is 0 Å². The molecule has 0 aromatic heterocycles. The van der Waals surface area contributed by atoms with Crippen LogP contribution in [0.3, 0.4) is 0 Å². The maximum atomic E-state index is 6.36. The molecule has 0 bridgehead atoms. The average molecular weight is 289 g/mol. The summed E-state index contributed by atoms with van der Waals surface area (Å²) in [5.41, 5.74) is 2.62. The van der Waals surface area contributed by atoms with Gasteiger partial charge in [0.25, 0.3) is 0 Å². The van der Waals surface area contributed by atoms with Gasteiger partial charge >= 0.3 is 0 Å². The second kappa shape index (κ2) is 8.43. The third-order valence-electron chi connectivity index (χ3n) is 4.56. The largest absolute Gasteiger partial charge is 0.490 e. The van der Waals surface area contributed by atoms with Crippen molar-refractivity contribution in [2.24, 2.45) is 5.92 Å². The van der Waals surface area contributed by atoms with Crippen molar-refractivity contribution in [3.8, 4) is 5.75 Å². The zero-order valence-corrected chi connectivity index (χ0v) is 14.0. The molecule has 0 heterocycles. The van der Waals surface area contributed by atoms with Crippen molar-refractivity contribution < 1.29 is 4.74 Å². The van der Waals surface area contributed by atoms with Crippen LogP contribution in [0.5, 0.6) is 5.75 Å². The number of aryl methyl sites for hydroxylation is 1. The van der Waals surface area contributed by atoms with Crippen LogP contribution in [0, 0.1) is 12.8 Å². The Kier molecular flexibility index (Phi) is 6.56. The van der Waals surface area contributed by atoms with E-state index in [0.717, 1.165) is 24.8 Å². The van der Waals surface area contributed by atoms with E-state index in [2.05, 4.69) is 44.3 Å². The highest BCUT2D eigenvalue weighted by Crippen LogP contribution is 2.31. The lowest BCUT2D eigenvalue weighted by molar-refractivity contribution is 0.121. The van der Waals surface area contributed by atoms with Crippen molar-refractivity contribution in [3.63, 3.8) is 0 Å². The highest BCUT2D eigenvalue weighted by atomic mass is 16.5. The summed E-state index contributed by atoms with van der Waals surface area (Å²) in [6.07, 6.45) is 8.02. The first-order valence-electron chi connectivity index (χ1n) is 8.69. The minimum atomic E-state index is 0.413. The van der Waals surface area contributed by atoms with Gasteiger partial charge in [0.15, 0.2) is 0 Å². The van der Waals surface area contributed by atoms with E-state index < -0.39 is 0 Å². The van der Waals surface area contributed by atoms with Crippen LogP contribution in [0.1, 0.15) is 63.5 Å². The monoisotopic (exact) mass is 289 g/mol. The van der Waals surface area contributed by atoms with Gasteiger partial charge in [-0.1, -0.05) is 44.4 Å². The van der Waals surface area contributed by atoms with E-state index in [0.29, 0.717) is 6.10 Å². The SMILES string of the molecule is CCCNCc1cc(C)ccc1OC1CCCC(CC)C1. The Morgan fingerprint density at radius 1 is 1.24 bits per heavy atom. The Labute approximate surface area is 130 Å². The molecular formula is C19H31NO. The van der Waals surface area contributed by atoms with Gasteiger partial charge in [-0.25, -0.2) is 0 Å². The van der Waals surface area contributed by atoms with Gasteiger partial charge in [0.2, 0.25) is 0 Å². The molecule has 2 atom stereocenters. The van der Waals surface area contributed by atoms with E-state index in [1.54, 1.807) is 0 Å². The van der Waals surface area contributed by atoms with Crippen LogP contribution in [-0.4, -0.2) is 12.6 Å². The quantitative estimate of drug-likeness (QED) is 0.725. The normalized spacial score (nSPS) is 22.2. The van der Waals surface area contributed by atoms with Gasteiger partial charge < -0.3 is 10.1 Å². The van der Waals surface area contributed by atoms with E-state index in [-0.39, 0.29) is 0 Å². The lowest BCUT2D eigenvalue weighted by Crippen LogP contribution is -2.26. The Morgan fingerprint density at radius 2 is 2.10 bits per heavy atom. The van der Waals surface area contributed by atoms with Crippen molar-refractivity contribution in [1.29, 1.82) is 0 Å². The molecule has 0 radical (unpaired) electrons. The van der Waals surface area contributed by atoms with Crippen LogP contribution in [-0.2, 0) is 6.54 Å². The van der Waals surface area contributed by atoms with E-state index in [9.17, 15) is 0 Å². The first-order valence-corrected chi connectivity index (χ1v) is 8.69. The van der Waals surface area contributed by atoms with Crippen molar-refractivity contribution in [1.82, 2.24) is 5.32 Å². The van der Waals surface area contributed by atoms with E-state index >= 15 is 0 Å². The average Bonchev–Trinajstić information content (AvgIpc) is 2.50. The predicted octanol–water partition coefficient (Wildman–Crippen LogP) is 4.84. The lowest BCUT2D eigenvalue weighted by atomic mass is 9.85. The second-order valence-corrected chi connectivity index (χ2v) is 6.47. The number of rotatable bonds is 7. The summed E-state index contributed by atoms with van der Waals surface area (Å²) in [6.45, 7) is 8.64. The van der Waals surface area contributed by atoms with Crippen molar-refractivity contribution in [2.75, 3.05) is 6.54 Å². The molecule has 1 aliphatic rings. The molecule has 1 aromatic rings. The predicted molar refractivity (Wildman–Crippen MR) is 89.8 cm³/mol. The van der Waals surface area contributed by atoms with Crippen LogP contribution < -0.4 is 10.1 Å². The van der Waals surface area contributed by atoms with E-state index in [4.69, 9.17) is 4.74 Å². The van der Waals surface area contributed by atoms with Crippen LogP contribution in [0.2, 0.25) is 0 Å². The maximum absolute atomic E-state index is 6.36. The summed E-state index contributed by atoms with van der Waals surface area (Å²) < 4.78 is 6.36. The fraction of sp³-hybridized carbons (Fsp3) is 0.684. The molecule has 2 rings (SSSR count). The maximum Gasteiger partial charge on any atom is 0.124 e. The zero-order valence-electron chi connectivity index (χ0n) is 14.0. The number of nitrogens with one attached hydrogen (secondary N) is 1. The fourth-order valence-corrected chi connectivity index (χ4v) is 3.26. The molecule has 2 unspecified atom stereocenters. The summed E-state index contributed by atoms with van der Waals surface area (Å²) in [5, 5.41) is 3.50. The van der Waals surface area contributed by atoms with Gasteiger partial charge in [0, 0.05) is 12.1 Å². The van der Waals surface area contributed by atoms with Gasteiger partial charge in [-0.2, -0.15) is 0 Å². The minimum Gasteiger partial charge on any atom is -0.490 e. The molecular weight excluding hydrogens is 258 g/mol. The summed E-state index contributed by atoms with van der Waals surface area (Å²) in [7, 11) is 0. The third kappa shape index (κ3) is 5.03. The van der Waals surface area contributed by atoms with Gasteiger partial charge in [-0.05, 0) is 51.1 Å². The first kappa shape index (κ1) is 16.4. The summed E-state index contributed by atoms with van der Waals surface area (Å²) >= 11 is 0. The number of ether oxygens (including phenoxy) is 1. The highest BCUT2D eigenvalue weighted by molar-refractivity contribution is 5.37. The van der Waals surface area contributed by atoms with Gasteiger partial charge in [0.1, 0.15) is 5.75 Å². The summed E-state index contributed by atoms with van der Waals surface area (Å²) in [6, 6.07) is 6.59. The Bertz CT molecular complexity index is 430. The van der Waals surface area contributed by atoms with Gasteiger partial charge in [-0.3, -0.25) is 0 Å². The Balaban J connectivity index is 2.00. The molecule has 0 aliphatic heterocycles. The molecule has 0 amide bonds. The Hall–Kier alpha value is -1.02. The van der Waals surface area contributed by atoms with E-state index in [1.807, 2.05) is 0 Å². The molecule has 1 N–H and O–H groups in total. The Morgan fingerprint density at radius 3 is 2.86 bits per heavy atom. The summed E-state index contributed by atoms with van der Waals surface area (Å²) in [4.78, 5) is 0. The molecule has 1 aliphatic carbocycles. The lowest BCUT2D eigenvalue weighted by Gasteiger charge is -2.29. The molecule has 1 saturated carbocycles. The third-order valence-corrected chi connectivity index (χ3v) is 4.56. The zero-order chi connectivity index (χ0) is 15.1. The number of hydrogen-bond acceptors (Lipinski definition) is 2. The molecule has 2 nitrogen and oxygen atoms in total. The molecule has 1 fully saturated rings. The van der Waals surface area contributed by atoms with E-state index in [1.165, 1.54) is 49.7 Å². The molecule has 2 heteroatoms. The smallest absolute Gasteiger partial charge is 0.124 e. The number of benzene rings is 1. The molecule has 0 spiro atoms. The first-order chi connectivity index (χ1) is 10.2. The topological polar surface area (TPSA) is 21.3 Å². The highest BCUT2D eigenvalue weighted by Gasteiger charge is 2.22.